The van der Waals surface area contributed by atoms with Crippen molar-refractivity contribution in [2.75, 3.05) is 0 Å². The topological polar surface area (TPSA) is 59.7 Å². The van der Waals surface area contributed by atoms with Crippen molar-refractivity contribution in [2.24, 2.45) is 16.2 Å². The van der Waals surface area contributed by atoms with Gasteiger partial charge in [-0.2, -0.15) is 0 Å². The van der Waals surface area contributed by atoms with Gasteiger partial charge in [0.25, 0.3) is 0 Å². The van der Waals surface area contributed by atoms with E-state index in [0.717, 1.165) is 0 Å². The molecule has 0 aliphatic heterocycles. The molecule has 0 aromatic carbocycles. The van der Waals surface area contributed by atoms with Gasteiger partial charge in [0.05, 0.1) is 0 Å². The first-order chi connectivity index (χ1) is 9.85. The van der Waals surface area contributed by atoms with Crippen LogP contribution in [0.1, 0.15) is 62.3 Å². The molecule has 1 aliphatic rings. The van der Waals surface area contributed by atoms with Gasteiger partial charge in [0.2, 0.25) is 0 Å². The monoisotopic (exact) mass is 360 g/mol. The van der Waals surface area contributed by atoms with Gasteiger partial charge in [0, 0.05) is 17.1 Å². The van der Waals surface area contributed by atoms with Crippen LogP contribution in [0.4, 0.5) is 0 Å². The second-order valence-corrected chi connectivity index (χ2v) is 8.10. The molecule has 0 aromatic heterocycles. The predicted octanol–water partition coefficient (Wildman–Crippen LogP) is 5.25. The summed E-state index contributed by atoms with van der Waals surface area (Å²) in [7, 11) is 0. The molecule has 1 aliphatic carbocycles. The maximum atomic E-state index is 7.50. The molecule has 0 heterocycles. The molecule has 0 atom stereocenters. The standard InChI is InChI=1S/C16H28.3CO.Fe/c1-14(2,3)11-10-12(15(4,5)6)13(11)16(7,8)9;3*1-2;/h10H,1-9H3;;;;. The van der Waals surface area contributed by atoms with E-state index in [2.05, 4.69) is 88.3 Å². The first-order valence-electron chi connectivity index (χ1n) is 6.94. The summed E-state index contributed by atoms with van der Waals surface area (Å²) in [6.45, 7) is 34.3. The molecular weight excluding hydrogens is 332 g/mol. The molecular formula is C19H28FeO3. The van der Waals surface area contributed by atoms with Gasteiger partial charge < -0.3 is 0 Å². The fourth-order valence-corrected chi connectivity index (χ4v) is 2.35. The van der Waals surface area contributed by atoms with E-state index in [1.54, 1.807) is 16.7 Å². The van der Waals surface area contributed by atoms with Crippen molar-refractivity contribution in [3.05, 3.63) is 42.7 Å². The van der Waals surface area contributed by atoms with E-state index in [9.17, 15) is 0 Å². The fourth-order valence-electron chi connectivity index (χ4n) is 2.35. The Hall–Kier alpha value is -0.781. The third-order valence-corrected chi connectivity index (χ3v) is 3.19. The van der Waals surface area contributed by atoms with Crippen molar-refractivity contribution in [1.29, 1.82) is 0 Å². The van der Waals surface area contributed by atoms with Gasteiger partial charge in [0.15, 0.2) is 0 Å². The van der Waals surface area contributed by atoms with Gasteiger partial charge in [-0.1, -0.05) is 68.4 Å². The first kappa shape index (κ1) is 30.1. The Morgan fingerprint density at radius 2 is 0.913 bits per heavy atom. The normalized spacial score (nSPS) is 13.1. The van der Waals surface area contributed by atoms with Crippen molar-refractivity contribution < 1.29 is 31.0 Å². The summed E-state index contributed by atoms with van der Waals surface area (Å²) in [5.74, 6) is 0. The molecule has 0 saturated heterocycles. The van der Waals surface area contributed by atoms with E-state index in [1.165, 1.54) is 0 Å². The zero-order valence-corrected chi connectivity index (χ0v) is 16.8. The van der Waals surface area contributed by atoms with E-state index in [0.29, 0.717) is 0 Å². The average Bonchev–Trinajstić information content (AvgIpc) is 2.29. The van der Waals surface area contributed by atoms with Crippen molar-refractivity contribution in [2.45, 2.75) is 62.3 Å². The van der Waals surface area contributed by atoms with Gasteiger partial charge in [-0.15, -0.1) is 0 Å². The minimum absolute atomic E-state index is 0. The number of allylic oxidation sites excluding steroid dienone is 4. The second kappa shape index (κ2) is 11.7. The van der Waals surface area contributed by atoms with Crippen LogP contribution in [-0.2, 0) is 31.0 Å². The summed E-state index contributed by atoms with van der Waals surface area (Å²) in [5.41, 5.74) is 5.50. The Labute approximate surface area is 152 Å². The molecule has 130 valence electrons. The minimum Gasteiger partial charge on any atom is 0 e. The Morgan fingerprint density at radius 1 is 0.609 bits per heavy atom. The minimum atomic E-state index is 0. The van der Waals surface area contributed by atoms with Crippen LogP contribution in [0, 0.1) is 36.2 Å². The van der Waals surface area contributed by atoms with Crippen LogP contribution in [0.5, 0.6) is 0 Å². The quantitative estimate of drug-likeness (QED) is 0.322. The fraction of sp³-hybridized carbons (Fsp3) is 0.632. The van der Waals surface area contributed by atoms with Crippen molar-refractivity contribution >= 4 is 0 Å². The molecule has 0 fully saturated rings. The SMILES string of the molecule is CC(C)(C)C1=CC(C(C)(C)C)=C1C(C)(C)C.[C-]#[O+].[C-]#[O+].[C-]#[O+].[Fe]. The third-order valence-electron chi connectivity index (χ3n) is 3.19. The smallest absolute Gasteiger partial charge is 0 e. The van der Waals surface area contributed by atoms with Gasteiger partial charge in [0.1, 0.15) is 0 Å². The zero-order valence-electron chi connectivity index (χ0n) is 15.7. The largest absolute Gasteiger partial charge is 0 e. The van der Waals surface area contributed by atoms with E-state index in [4.69, 9.17) is 14.0 Å². The molecule has 23 heavy (non-hydrogen) atoms. The van der Waals surface area contributed by atoms with Crippen LogP contribution in [0.3, 0.4) is 0 Å². The molecule has 4 heteroatoms. The Bertz CT molecular complexity index is 456. The van der Waals surface area contributed by atoms with Crippen molar-refractivity contribution in [3.8, 4) is 0 Å². The Kier molecular flexibility index (Phi) is 15.3. The summed E-state index contributed by atoms with van der Waals surface area (Å²) in [4.78, 5) is 0. The van der Waals surface area contributed by atoms with E-state index >= 15 is 0 Å². The zero-order chi connectivity index (χ0) is 18.9. The van der Waals surface area contributed by atoms with Gasteiger partial charge >= 0.3 is 33.9 Å². The summed E-state index contributed by atoms with van der Waals surface area (Å²) in [6, 6.07) is 0. The average molecular weight is 360 g/mol. The van der Waals surface area contributed by atoms with Gasteiger partial charge in [-0.05, 0) is 33.0 Å². The molecule has 0 saturated carbocycles. The molecule has 0 aromatic rings. The van der Waals surface area contributed by atoms with Crippen LogP contribution in [0.2, 0.25) is 0 Å². The Balaban J connectivity index is -0.000000231. The summed E-state index contributed by atoms with van der Waals surface area (Å²) in [5, 5.41) is 0. The first-order valence-corrected chi connectivity index (χ1v) is 6.94. The molecule has 0 amide bonds. The summed E-state index contributed by atoms with van der Waals surface area (Å²) >= 11 is 0. The second-order valence-electron chi connectivity index (χ2n) is 8.10. The number of hydrogen-bond donors (Lipinski definition) is 0. The molecule has 3 nitrogen and oxygen atoms in total. The predicted molar refractivity (Wildman–Crippen MR) is 85.3 cm³/mol. The van der Waals surface area contributed by atoms with Crippen LogP contribution in [0.15, 0.2) is 22.8 Å². The molecule has 0 N–H and O–H groups in total. The van der Waals surface area contributed by atoms with Gasteiger partial charge in [-0.3, -0.25) is 0 Å². The number of rotatable bonds is 0. The third kappa shape index (κ3) is 9.18. The van der Waals surface area contributed by atoms with Crippen molar-refractivity contribution in [1.82, 2.24) is 0 Å². The molecule has 0 radical (unpaired) electrons. The van der Waals surface area contributed by atoms with Gasteiger partial charge in [-0.25, -0.2) is 0 Å². The molecule has 0 spiro atoms. The van der Waals surface area contributed by atoms with Crippen LogP contribution in [0.25, 0.3) is 0 Å². The van der Waals surface area contributed by atoms with Crippen LogP contribution >= 0.6 is 0 Å². The Morgan fingerprint density at radius 3 is 1.09 bits per heavy atom. The van der Waals surface area contributed by atoms with E-state index in [1.807, 2.05) is 0 Å². The summed E-state index contributed by atoms with van der Waals surface area (Å²) in [6.07, 6.45) is 2.42. The maximum Gasteiger partial charge on any atom is 0 e. The molecule has 1 rings (SSSR count). The summed E-state index contributed by atoms with van der Waals surface area (Å²) < 4.78 is 22.5. The van der Waals surface area contributed by atoms with Crippen molar-refractivity contribution in [3.63, 3.8) is 0 Å². The van der Waals surface area contributed by atoms with E-state index in [-0.39, 0.29) is 33.3 Å². The maximum absolute atomic E-state index is 7.50. The molecule has 0 bridgehead atoms. The molecule has 0 unspecified atom stereocenters. The van der Waals surface area contributed by atoms with E-state index < -0.39 is 0 Å². The van der Waals surface area contributed by atoms with Crippen LogP contribution < -0.4 is 0 Å². The number of hydrogen-bond acceptors (Lipinski definition) is 0. The van der Waals surface area contributed by atoms with Crippen LogP contribution in [-0.4, -0.2) is 0 Å².